The van der Waals surface area contributed by atoms with E-state index < -0.39 is 22.0 Å². The first-order chi connectivity index (χ1) is 15.9. The predicted octanol–water partition coefficient (Wildman–Crippen LogP) is 4.63. The molecule has 3 aromatic rings. The van der Waals surface area contributed by atoms with Crippen molar-refractivity contribution in [2.45, 2.75) is 24.8 Å². The van der Waals surface area contributed by atoms with E-state index in [1.807, 2.05) is 30.3 Å². The topological polar surface area (TPSA) is 72.9 Å². The number of sulfonamides is 1. The molecule has 0 bridgehead atoms. The minimum atomic E-state index is -3.94. The molecule has 1 unspecified atom stereocenters. The van der Waals surface area contributed by atoms with Crippen LogP contribution in [0.3, 0.4) is 0 Å². The number of hydrogen-bond donors (Lipinski definition) is 0. The van der Waals surface area contributed by atoms with Gasteiger partial charge in [-0.05, 0) is 73.9 Å². The van der Waals surface area contributed by atoms with Crippen molar-refractivity contribution >= 4 is 16.0 Å². The van der Waals surface area contributed by atoms with Crippen LogP contribution in [0.25, 0.3) is 0 Å². The van der Waals surface area contributed by atoms with Crippen LogP contribution in [0.2, 0.25) is 0 Å². The molecular formula is C26H25NO5S. The molecule has 0 N–H and O–H groups in total. The molecule has 3 rings (SSSR count). The number of carbonyl (C=O) groups is 1. The molecule has 170 valence electrons. The van der Waals surface area contributed by atoms with E-state index in [1.165, 1.54) is 19.2 Å². The first-order valence-corrected chi connectivity index (χ1v) is 11.8. The summed E-state index contributed by atoms with van der Waals surface area (Å²) in [4.78, 5) is 12.0. The maximum atomic E-state index is 13.5. The zero-order valence-electron chi connectivity index (χ0n) is 18.7. The Bertz CT molecular complexity index is 1240. The van der Waals surface area contributed by atoms with Crippen molar-refractivity contribution in [3.05, 3.63) is 95.6 Å². The monoisotopic (exact) mass is 463 g/mol. The van der Waals surface area contributed by atoms with Crippen LogP contribution in [0.15, 0.2) is 83.8 Å². The summed E-state index contributed by atoms with van der Waals surface area (Å²) in [5.74, 6) is 3.05. The molecule has 0 aliphatic rings. The Morgan fingerprint density at radius 3 is 2.18 bits per heavy atom. The summed E-state index contributed by atoms with van der Waals surface area (Å²) in [6, 6.07) is 24.3. The molecule has 3 aromatic carbocycles. The molecule has 0 saturated carbocycles. The lowest BCUT2D eigenvalue weighted by Crippen LogP contribution is -2.29. The molecule has 0 aliphatic heterocycles. The van der Waals surface area contributed by atoms with Gasteiger partial charge in [0.15, 0.2) is 0 Å². The highest BCUT2D eigenvalue weighted by atomic mass is 32.2. The quantitative estimate of drug-likeness (QED) is 0.290. The Labute approximate surface area is 194 Å². The standard InChI is InChI=1S/C26H25NO5S/c1-4-32-26(28)23-12-10-21(11-13-23)18-19-27(20(2)22-8-6-5-7-9-22)33(29,30)25-16-14-24(31-3)15-17-25/h5-17,20H,4H2,1-3H3. The second kappa shape index (κ2) is 10.7. The minimum absolute atomic E-state index is 0.109. The molecule has 0 heterocycles. The fourth-order valence-corrected chi connectivity index (χ4v) is 4.53. The molecule has 33 heavy (non-hydrogen) atoms. The largest absolute Gasteiger partial charge is 0.497 e. The molecule has 6 nitrogen and oxygen atoms in total. The van der Waals surface area contributed by atoms with E-state index in [0.717, 1.165) is 9.87 Å². The van der Waals surface area contributed by atoms with Gasteiger partial charge in [0.2, 0.25) is 0 Å². The van der Waals surface area contributed by atoms with Crippen LogP contribution in [-0.4, -0.2) is 32.4 Å². The van der Waals surface area contributed by atoms with Crippen molar-refractivity contribution in [1.29, 1.82) is 0 Å². The van der Waals surface area contributed by atoms with E-state index in [1.54, 1.807) is 50.2 Å². The first kappa shape index (κ1) is 23.9. The van der Waals surface area contributed by atoms with Gasteiger partial charge in [-0.2, -0.15) is 0 Å². The molecule has 0 aromatic heterocycles. The van der Waals surface area contributed by atoms with Crippen molar-refractivity contribution < 1.29 is 22.7 Å². The lowest BCUT2D eigenvalue weighted by molar-refractivity contribution is 0.0526. The van der Waals surface area contributed by atoms with Crippen LogP contribution in [-0.2, 0) is 14.8 Å². The summed E-state index contributed by atoms with van der Waals surface area (Å²) in [5, 5.41) is 0. The maximum absolute atomic E-state index is 13.5. The second-order valence-corrected chi connectivity index (χ2v) is 8.91. The highest BCUT2D eigenvalue weighted by molar-refractivity contribution is 7.89. The first-order valence-electron chi connectivity index (χ1n) is 10.4. The second-order valence-electron chi connectivity index (χ2n) is 7.10. The number of benzene rings is 3. The van der Waals surface area contributed by atoms with Gasteiger partial charge in [0.05, 0.1) is 30.2 Å². The third-order valence-corrected chi connectivity index (χ3v) is 6.75. The van der Waals surface area contributed by atoms with E-state index in [0.29, 0.717) is 16.9 Å². The third-order valence-electron chi connectivity index (χ3n) is 4.96. The SMILES string of the molecule is CCOC(=O)c1ccc(C#CN(C(C)c2ccccc2)S(=O)(=O)c2ccc(OC)cc2)cc1. The average molecular weight is 464 g/mol. The zero-order chi connectivity index (χ0) is 23.8. The van der Waals surface area contributed by atoms with Gasteiger partial charge < -0.3 is 9.47 Å². The van der Waals surface area contributed by atoms with Gasteiger partial charge in [-0.15, -0.1) is 0 Å². The van der Waals surface area contributed by atoms with Crippen molar-refractivity contribution in [2.24, 2.45) is 0 Å². The van der Waals surface area contributed by atoms with Crippen LogP contribution >= 0.6 is 0 Å². The zero-order valence-corrected chi connectivity index (χ0v) is 19.5. The van der Waals surface area contributed by atoms with E-state index in [4.69, 9.17) is 9.47 Å². The van der Waals surface area contributed by atoms with E-state index in [9.17, 15) is 13.2 Å². The number of esters is 1. The smallest absolute Gasteiger partial charge is 0.338 e. The summed E-state index contributed by atoms with van der Waals surface area (Å²) in [6.07, 6.45) is 0. The summed E-state index contributed by atoms with van der Waals surface area (Å²) in [7, 11) is -2.42. The molecule has 0 saturated heterocycles. The van der Waals surface area contributed by atoms with Gasteiger partial charge in [0.1, 0.15) is 5.75 Å². The lowest BCUT2D eigenvalue weighted by atomic mass is 10.1. The van der Waals surface area contributed by atoms with Gasteiger partial charge >= 0.3 is 5.97 Å². The molecule has 0 fully saturated rings. The molecule has 0 spiro atoms. The maximum Gasteiger partial charge on any atom is 0.338 e. The van der Waals surface area contributed by atoms with Crippen molar-refractivity contribution in [2.75, 3.05) is 13.7 Å². The molecule has 0 aliphatic carbocycles. The van der Waals surface area contributed by atoms with E-state index in [-0.39, 0.29) is 11.5 Å². The van der Waals surface area contributed by atoms with Gasteiger partial charge in [-0.3, -0.25) is 0 Å². The van der Waals surface area contributed by atoms with Crippen molar-refractivity contribution in [3.63, 3.8) is 0 Å². The molecule has 1 atom stereocenters. The lowest BCUT2D eigenvalue weighted by Gasteiger charge is -2.25. The van der Waals surface area contributed by atoms with Gasteiger partial charge in [0.25, 0.3) is 10.0 Å². The molecular weight excluding hydrogens is 438 g/mol. The number of carbonyl (C=O) groups excluding carboxylic acids is 1. The Morgan fingerprint density at radius 2 is 1.61 bits per heavy atom. The van der Waals surface area contributed by atoms with Crippen molar-refractivity contribution in [1.82, 2.24) is 4.31 Å². The van der Waals surface area contributed by atoms with Crippen LogP contribution in [0.5, 0.6) is 5.75 Å². The van der Waals surface area contributed by atoms with Gasteiger partial charge in [-0.1, -0.05) is 30.3 Å². The number of rotatable bonds is 7. The number of hydrogen-bond acceptors (Lipinski definition) is 5. The summed E-state index contributed by atoms with van der Waals surface area (Å²) >= 11 is 0. The summed E-state index contributed by atoms with van der Waals surface area (Å²) in [5.41, 5.74) is 1.78. The Morgan fingerprint density at radius 1 is 0.970 bits per heavy atom. The molecule has 0 amide bonds. The normalized spacial score (nSPS) is 11.6. The highest BCUT2D eigenvalue weighted by Gasteiger charge is 2.28. The number of ether oxygens (including phenoxy) is 2. The Kier molecular flexibility index (Phi) is 7.75. The Balaban J connectivity index is 1.99. The predicted molar refractivity (Wildman–Crippen MR) is 126 cm³/mol. The summed E-state index contributed by atoms with van der Waals surface area (Å²) < 4.78 is 38.3. The van der Waals surface area contributed by atoms with E-state index in [2.05, 4.69) is 12.0 Å². The summed E-state index contributed by atoms with van der Waals surface area (Å²) in [6.45, 7) is 3.81. The van der Waals surface area contributed by atoms with E-state index >= 15 is 0 Å². The van der Waals surface area contributed by atoms with Crippen molar-refractivity contribution in [3.8, 4) is 17.7 Å². The Hall–Kier alpha value is -3.76. The fourth-order valence-electron chi connectivity index (χ4n) is 3.12. The highest BCUT2D eigenvalue weighted by Crippen LogP contribution is 2.27. The third kappa shape index (κ3) is 5.73. The molecule has 7 heteroatoms. The van der Waals surface area contributed by atoms with Crippen LogP contribution < -0.4 is 4.74 Å². The number of nitrogens with zero attached hydrogens (tertiary/aromatic N) is 1. The fraction of sp³-hybridized carbons (Fsp3) is 0.192. The van der Waals surface area contributed by atoms with Gasteiger partial charge in [-0.25, -0.2) is 17.5 Å². The van der Waals surface area contributed by atoms with Gasteiger partial charge in [0, 0.05) is 11.6 Å². The number of methoxy groups -OCH3 is 1. The van der Waals surface area contributed by atoms with Crippen LogP contribution in [0, 0.1) is 12.0 Å². The molecule has 0 radical (unpaired) electrons. The van der Waals surface area contributed by atoms with Crippen LogP contribution in [0.4, 0.5) is 0 Å². The minimum Gasteiger partial charge on any atom is -0.497 e. The average Bonchev–Trinajstić information content (AvgIpc) is 2.85. The van der Waals surface area contributed by atoms with Crippen LogP contribution in [0.1, 0.15) is 41.4 Å².